The van der Waals surface area contributed by atoms with Crippen LogP contribution in [0.25, 0.3) is 0 Å². The highest BCUT2D eigenvalue weighted by Crippen LogP contribution is 2.24. The molecule has 1 fully saturated rings. The van der Waals surface area contributed by atoms with Crippen LogP contribution in [0.15, 0.2) is 24.3 Å². The minimum Gasteiger partial charge on any atom is -0.492 e. The number of piperidine rings is 1. The molecule has 1 saturated heterocycles. The molecule has 5 nitrogen and oxygen atoms in total. The van der Waals surface area contributed by atoms with Crippen LogP contribution >= 0.6 is 0 Å². The molecule has 0 aromatic heterocycles. The zero-order chi connectivity index (χ0) is 21.8. The minimum absolute atomic E-state index is 0.0696. The van der Waals surface area contributed by atoms with Gasteiger partial charge in [0.2, 0.25) is 0 Å². The molecule has 2 rings (SSSR count). The number of nitrogens with one attached hydrogen (secondary N) is 1. The Kier molecular flexibility index (Phi) is 10.7. The smallest absolute Gasteiger partial charge is 0.256 e. The Balaban J connectivity index is 1.84. The van der Waals surface area contributed by atoms with Crippen molar-refractivity contribution < 1.29 is 14.3 Å². The van der Waals surface area contributed by atoms with Crippen molar-refractivity contribution in [2.24, 2.45) is 0 Å². The Morgan fingerprint density at radius 1 is 1.13 bits per heavy atom. The number of carbonyl (C=O) groups is 1. The van der Waals surface area contributed by atoms with Gasteiger partial charge >= 0.3 is 0 Å². The molecule has 1 aliphatic rings. The third-order valence-electron chi connectivity index (χ3n) is 6.06. The predicted octanol–water partition coefficient (Wildman–Crippen LogP) is 5.64. The van der Waals surface area contributed by atoms with E-state index in [1.807, 2.05) is 31.2 Å². The molecule has 1 heterocycles. The Hall–Kier alpha value is -1.59. The number of carbonyl (C=O) groups excluding carboxylic acids is 1. The molecule has 0 bridgehead atoms. The van der Waals surface area contributed by atoms with Crippen LogP contribution in [0.5, 0.6) is 5.75 Å². The quantitative estimate of drug-likeness (QED) is 0.421. The molecule has 1 N–H and O–H groups in total. The number of rotatable bonds is 13. The standard InChI is InChI=1S/C25H42N2O3/c1-5-7-9-16-25(4,30-19-6-2)24(28)26-22-12-14-23(15-13-22)29-20-18-27-17-10-8-11-21(27)3/h12-15,21H,5-11,16-20H2,1-4H3,(H,26,28)/t21-,25+/m1/s1. The number of unbranched alkanes of at least 4 members (excludes halogenated alkanes) is 2. The van der Waals surface area contributed by atoms with E-state index in [1.165, 1.54) is 25.8 Å². The fourth-order valence-electron chi connectivity index (χ4n) is 3.96. The lowest BCUT2D eigenvalue weighted by Crippen LogP contribution is -2.43. The number of anilines is 1. The highest BCUT2D eigenvalue weighted by molar-refractivity contribution is 5.97. The van der Waals surface area contributed by atoms with Gasteiger partial charge in [-0.25, -0.2) is 0 Å². The van der Waals surface area contributed by atoms with Crippen LogP contribution in [0.1, 0.15) is 79.1 Å². The SMILES string of the molecule is CCCCC[C@](C)(OCCC)C(=O)Nc1ccc(OCCN2CCCC[C@H]2C)cc1. The van der Waals surface area contributed by atoms with Crippen molar-refractivity contribution in [1.82, 2.24) is 4.90 Å². The fraction of sp³-hybridized carbons (Fsp3) is 0.720. The Bertz CT molecular complexity index is 619. The summed E-state index contributed by atoms with van der Waals surface area (Å²) in [6, 6.07) is 8.32. The third kappa shape index (κ3) is 7.92. The summed E-state index contributed by atoms with van der Waals surface area (Å²) in [5, 5.41) is 3.03. The van der Waals surface area contributed by atoms with Crippen LogP contribution in [-0.2, 0) is 9.53 Å². The van der Waals surface area contributed by atoms with E-state index in [1.54, 1.807) is 0 Å². The van der Waals surface area contributed by atoms with Crippen molar-refractivity contribution >= 4 is 11.6 Å². The fourth-order valence-corrected chi connectivity index (χ4v) is 3.96. The number of hydrogen-bond acceptors (Lipinski definition) is 4. The second-order valence-corrected chi connectivity index (χ2v) is 8.74. The number of nitrogens with zero attached hydrogens (tertiary/aromatic N) is 1. The second-order valence-electron chi connectivity index (χ2n) is 8.74. The molecular formula is C25H42N2O3. The topological polar surface area (TPSA) is 50.8 Å². The van der Waals surface area contributed by atoms with Crippen LogP contribution < -0.4 is 10.1 Å². The van der Waals surface area contributed by atoms with Crippen molar-refractivity contribution in [2.75, 3.05) is 31.6 Å². The van der Waals surface area contributed by atoms with E-state index in [0.717, 1.165) is 50.1 Å². The number of benzene rings is 1. The lowest BCUT2D eigenvalue weighted by atomic mass is 9.96. The largest absolute Gasteiger partial charge is 0.492 e. The van der Waals surface area contributed by atoms with E-state index < -0.39 is 5.60 Å². The molecule has 1 aliphatic heterocycles. The van der Waals surface area contributed by atoms with Gasteiger partial charge in [-0.05, 0) is 70.3 Å². The lowest BCUT2D eigenvalue weighted by Gasteiger charge is -2.33. The third-order valence-corrected chi connectivity index (χ3v) is 6.06. The van der Waals surface area contributed by atoms with Gasteiger partial charge in [-0.3, -0.25) is 9.69 Å². The van der Waals surface area contributed by atoms with Gasteiger partial charge in [-0.15, -0.1) is 0 Å². The highest BCUT2D eigenvalue weighted by Gasteiger charge is 2.33. The summed E-state index contributed by atoms with van der Waals surface area (Å²) in [5.41, 5.74) is -0.00954. The molecule has 0 unspecified atom stereocenters. The van der Waals surface area contributed by atoms with Gasteiger partial charge in [0, 0.05) is 24.9 Å². The summed E-state index contributed by atoms with van der Waals surface area (Å²) < 4.78 is 11.9. The van der Waals surface area contributed by atoms with Crippen molar-refractivity contribution in [3.05, 3.63) is 24.3 Å². The van der Waals surface area contributed by atoms with Crippen LogP contribution in [0.2, 0.25) is 0 Å². The van der Waals surface area contributed by atoms with E-state index in [4.69, 9.17) is 9.47 Å². The normalized spacial score (nSPS) is 19.3. The van der Waals surface area contributed by atoms with Gasteiger partial charge in [-0.2, -0.15) is 0 Å². The van der Waals surface area contributed by atoms with Crippen LogP contribution in [0.3, 0.4) is 0 Å². The van der Waals surface area contributed by atoms with Gasteiger partial charge in [-0.1, -0.05) is 39.5 Å². The maximum atomic E-state index is 12.9. The molecule has 0 radical (unpaired) electrons. The summed E-state index contributed by atoms with van der Waals surface area (Å²) in [6.07, 6.45) is 8.79. The number of amides is 1. The first-order valence-electron chi connectivity index (χ1n) is 11.9. The van der Waals surface area contributed by atoms with Gasteiger partial charge in [0.15, 0.2) is 0 Å². The maximum Gasteiger partial charge on any atom is 0.256 e. The van der Waals surface area contributed by atoms with Gasteiger partial charge in [0.05, 0.1) is 0 Å². The first kappa shape index (κ1) is 24.7. The van der Waals surface area contributed by atoms with E-state index in [-0.39, 0.29) is 5.91 Å². The van der Waals surface area contributed by atoms with Crippen molar-refractivity contribution in [2.45, 2.75) is 90.7 Å². The predicted molar refractivity (Wildman–Crippen MR) is 124 cm³/mol. The summed E-state index contributed by atoms with van der Waals surface area (Å²) in [6.45, 7) is 11.9. The summed E-state index contributed by atoms with van der Waals surface area (Å²) in [4.78, 5) is 15.4. The van der Waals surface area contributed by atoms with Crippen molar-refractivity contribution in [3.8, 4) is 5.75 Å². The van der Waals surface area contributed by atoms with E-state index >= 15 is 0 Å². The first-order valence-corrected chi connectivity index (χ1v) is 11.9. The Morgan fingerprint density at radius 3 is 2.57 bits per heavy atom. The first-order chi connectivity index (χ1) is 14.5. The molecule has 5 heteroatoms. The molecule has 1 amide bonds. The van der Waals surface area contributed by atoms with Crippen LogP contribution in [0.4, 0.5) is 5.69 Å². The summed E-state index contributed by atoms with van der Waals surface area (Å²) in [5.74, 6) is 0.769. The van der Waals surface area contributed by atoms with Crippen molar-refractivity contribution in [3.63, 3.8) is 0 Å². The highest BCUT2D eigenvalue weighted by atomic mass is 16.5. The molecule has 1 aromatic carbocycles. The minimum atomic E-state index is -0.786. The molecule has 1 aromatic rings. The van der Waals surface area contributed by atoms with E-state index in [2.05, 4.69) is 31.0 Å². The average Bonchev–Trinajstić information content (AvgIpc) is 2.75. The molecule has 30 heavy (non-hydrogen) atoms. The Morgan fingerprint density at radius 2 is 1.90 bits per heavy atom. The zero-order valence-corrected chi connectivity index (χ0v) is 19.5. The molecule has 0 spiro atoms. The van der Waals surface area contributed by atoms with Crippen molar-refractivity contribution in [1.29, 1.82) is 0 Å². The number of likely N-dealkylation sites (tertiary alicyclic amines) is 1. The summed E-state index contributed by atoms with van der Waals surface area (Å²) >= 11 is 0. The van der Waals surface area contributed by atoms with Gasteiger partial charge < -0.3 is 14.8 Å². The van der Waals surface area contributed by atoms with E-state index in [0.29, 0.717) is 19.3 Å². The van der Waals surface area contributed by atoms with Crippen LogP contribution in [-0.4, -0.2) is 48.8 Å². The van der Waals surface area contributed by atoms with Gasteiger partial charge in [0.25, 0.3) is 5.91 Å². The lowest BCUT2D eigenvalue weighted by molar-refractivity contribution is -0.140. The van der Waals surface area contributed by atoms with E-state index in [9.17, 15) is 4.79 Å². The molecule has 2 atom stereocenters. The maximum absolute atomic E-state index is 12.9. The zero-order valence-electron chi connectivity index (χ0n) is 19.5. The molecule has 0 aliphatic carbocycles. The number of ether oxygens (including phenoxy) is 2. The average molecular weight is 419 g/mol. The molecule has 0 saturated carbocycles. The molecular weight excluding hydrogens is 376 g/mol. The van der Waals surface area contributed by atoms with Gasteiger partial charge in [0.1, 0.15) is 18.0 Å². The second kappa shape index (κ2) is 13.0. The van der Waals surface area contributed by atoms with Crippen LogP contribution in [0, 0.1) is 0 Å². The number of hydrogen-bond donors (Lipinski definition) is 1. The molecule has 170 valence electrons. The Labute approximate surface area is 183 Å². The monoisotopic (exact) mass is 418 g/mol. The summed E-state index contributed by atoms with van der Waals surface area (Å²) in [7, 11) is 0.